The Kier molecular flexibility index (Phi) is 7.72. The summed E-state index contributed by atoms with van der Waals surface area (Å²) in [5.74, 6) is -0.0532. The van der Waals surface area contributed by atoms with E-state index in [-0.39, 0.29) is 4.90 Å². The fourth-order valence-corrected chi connectivity index (χ4v) is 3.64. The van der Waals surface area contributed by atoms with Gasteiger partial charge in [-0.15, -0.1) is 0 Å². The number of hydrogen-bond donors (Lipinski definition) is 1. The van der Waals surface area contributed by atoms with Crippen LogP contribution in [0.5, 0.6) is 17.2 Å². The highest BCUT2D eigenvalue weighted by atomic mass is 32.2. The zero-order valence-corrected chi connectivity index (χ0v) is 17.7. The number of hydrogen-bond acceptors (Lipinski definition) is 7. The number of nitrogens with zero attached hydrogens (tertiary/aromatic N) is 2. The summed E-state index contributed by atoms with van der Waals surface area (Å²) >= 11 is 0. The Morgan fingerprint density at radius 3 is 2.27 bits per heavy atom. The Labute approximate surface area is 174 Å². The van der Waals surface area contributed by atoms with Gasteiger partial charge in [-0.25, -0.2) is 18.2 Å². The summed E-state index contributed by atoms with van der Waals surface area (Å²) in [5, 5.41) is 3.83. The van der Waals surface area contributed by atoms with Gasteiger partial charge in [-0.05, 0) is 36.4 Å². The van der Waals surface area contributed by atoms with Gasteiger partial charge in [-0.3, -0.25) is 4.79 Å². The molecule has 1 N–H and O–H groups in total. The molecule has 2 aromatic carbocycles. The molecule has 0 radical (unpaired) electrons. The van der Waals surface area contributed by atoms with Gasteiger partial charge in [0.05, 0.1) is 39.0 Å². The molecule has 2 aromatic rings. The van der Waals surface area contributed by atoms with Crippen molar-refractivity contribution in [2.75, 3.05) is 34.9 Å². The van der Waals surface area contributed by atoms with Crippen molar-refractivity contribution in [3.63, 3.8) is 0 Å². The highest BCUT2D eigenvalue weighted by Gasteiger charge is 2.23. The molecule has 0 heterocycles. The number of sulfonamides is 1. The average Bonchev–Trinajstić information content (AvgIpc) is 2.73. The summed E-state index contributed by atoms with van der Waals surface area (Å²) in [6.07, 6.45) is 1.33. The molecule has 2 rings (SSSR count). The highest BCUT2D eigenvalue weighted by molar-refractivity contribution is 7.89. The minimum absolute atomic E-state index is 0.127. The third kappa shape index (κ3) is 5.24. The molecular weight excluding hydrogens is 417 g/mol. The number of hydrazone groups is 1. The van der Waals surface area contributed by atoms with E-state index >= 15 is 0 Å². The minimum atomic E-state index is -3.95. The first kappa shape index (κ1) is 23.1. The molecule has 162 valence electrons. The number of halogens is 1. The lowest BCUT2D eigenvalue weighted by Crippen LogP contribution is -2.36. The number of carbonyl (C=O) groups excluding carboxylic acids is 1. The van der Waals surface area contributed by atoms with Gasteiger partial charge >= 0.3 is 0 Å². The molecule has 11 heteroatoms. The van der Waals surface area contributed by atoms with Crippen molar-refractivity contribution in [1.29, 1.82) is 0 Å². The first-order valence-electron chi connectivity index (χ1n) is 8.57. The number of benzene rings is 2. The van der Waals surface area contributed by atoms with Crippen molar-refractivity contribution >= 4 is 22.1 Å². The smallest absolute Gasteiger partial charge is 0.255 e. The molecule has 0 spiro atoms. The molecule has 0 aromatic heterocycles. The second-order valence-corrected chi connectivity index (χ2v) is 7.98. The Balaban J connectivity index is 2.07. The highest BCUT2D eigenvalue weighted by Crippen LogP contribution is 2.38. The van der Waals surface area contributed by atoms with Crippen molar-refractivity contribution in [3.05, 3.63) is 47.8 Å². The van der Waals surface area contributed by atoms with Crippen molar-refractivity contribution in [2.24, 2.45) is 5.10 Å². The van der Waals surface area contributed by atoms with Crippen LogP contribution in [-0.2, 0) is 14.8 Å². The van der Waals surface area contributed by atoms with E-state index in [4.69, 9.17) is 14.2 Å². The number of ether oxygens (including phenoxy) is 3. The largest absolute Gasteiger partial charge is 0.493 e. The Bertz CT molecular complexity index is 1030. The van der Waals surface area contributed by atoms with Gasteiger partial charge in [-0.1, -0.05) is 0 Å². The van der Waals surface area contributed by atoms with Gasteiger partial charge in [0.25, 0.3) is 5.91 Å². The molecule has 0 aliphatic carbocycles. The van der Waals surface area contributed by atoms with E-state index in [2.05, 4.69) is 10.5 Å². The van der Waals surface area contributed by atoms with Gasteiger partial charge < -0.3 is 14.2 Å². The maximum Gasteiger partial charge on any atom is 0.255 e. The SMILES string of the molecule is COc1ccc(/C=N\NC(=O)CN(C)S(=O)(=O)c2ccc(F)cc2)c(OC)c1OC. The lowest BCUT2D eigenvalue weighted by Gasteiger charge is -2.16. The summed E-state index contributed by atoms with van der Waals surface area (Å²) in [4.78, 5) is 12.0. The number of amides is 1. The average molecular weight is 439 g/mol. The summed E-state index contributed by atoms with van der Waals surface area (Å²) in [6.45, 7) is -0.486. The van der Waals surface area contributed by atoms with Crippen LogP contribution in [0.2, 0.25) is 0 Å². The lowest BCUT2D eigenvalue weighted by molar-refractivity contribution is -0.121. The van der Waals surface area contributed by atoms with Gasteiger partial charge in [0.1, 0.15) is 5.82 Å². The predicted octanol–water partition coefficient (Wildman–Crippen LogP) is 1.62. The molecule has 0 saturated heterocycles. The Morgan fingerprint density at radius 2 is 1.70 bits per heavy atom. The number of methoxy groups -OCH3 is 3. The zero-order valence-electron chi connectivity index (χ0n) is 16.9. The number of carbonyl (C=O) groups is 1. The summed E-state index contributed by atoms with van der Waals surface area (Å²) in [6, 6.07) is 7.61. The van der Waals surface area contributed by atoms with Gasteiger partial charge in [0.15, 0.2) is 11.5 Å². The van der Waals surface area contributed by atoms with Crippen molar-refractivity contribution in [2.45, 2.75) is 4.90 Å². The zero-order chi connectivity index (χ0) is 22.3. The third-order valence-electron chi connectivity index (χ3n) is 4.02. The third-order valence-corrected chi connectivity index (χ3v) is 5.83. The van der Waals surface area contributed by atoms with Crippen molar-refractivity contribution in [1.82, 2.24) is 9.73 Å². The molecule has 0 atom stereocenters. The maximum absolute atomic E-state index is 13.0. The maximum atomic E-state index is 13.0. The van der Waals surface area contributed by atoms with Gasteiger partial charge in [0.2, 0.25) is 15.8 Å². The van der Waals surface area contributed by atoms with Crippen LogP contribution in [-0.4, -0.2) is 59.8 Å². The van der Waals surface area contributed by atoms with Crippen LogP contribution in [0.15, 0.2) is 46.4 Å². The van der Waals surface area contributed by atoms with E-state index < -0.39 is 28.3 Å². The monoisotopic (exact) mass is 439 g/mol. The summed E-state index contributed by atoms with van der Waals surface area (Å²) in [7, 11) is 1.68. The van der Waals surface area contributed by atoms with E-state index in [1.54, 1.807) is 12.1 Å². The van der Waals surface area contributed by atoms with Crippen LogP contribution < -0.4 is 19.6 Å². The topological polar surface area (TPSA) is 107 Å². The normalized spacial score (nSPS) is 11.5. The van der Waals surface area contributed by atoms with E-state index in [1.807, 2.05) is 0 Å². The van der Waals surface area contributed by atoms with Crippen LogP contribution in [0, 0.1) is 5.82 Å². The first-order valence-corrected chi connectivity index (χ1v) is 10.0. The molecule has 0 saturated carbocycles. The molecule has 1 amide bonds. The van der Waals surface area contributed by atoms with Crippen LogP contribution in [0.4, 0.5) is 4.39 Å². The van der Waals surface area contributed by atoms with Crippen LogP contribution in [0.25, 0.3) is 0 Å². The first-order chi connectivity index (χ1) is 14.2. The molecule has 0 aliphatic rings. The predicted molar refractivity (Wildman–Crippen MR) is 108 cm³/mol. The summed E-state index contributed by atoms with van der Waals surface area (Å²) in [5.41, 5.74) is 2.75. The van der Waals surface area contributed by atoms with E-state index in [9.17, 15) is 17.6 Å². The number of likely N-dealkylation sites (N-methyl/N-ethyl adjacent to an activating group) is 1. The standard InChI is InChI=1S/C19H22FN3O6S/c1-23(30(25,26)15-8-6-14(20)7-9-15)12-17(24)22-21-11-13-5-10-16(27-2)19(29-4)18(13)28-3/h5-11H,12H2,1-4H3,(H,22,24)/b21-11-. The Hall–Kier alpha value is -3.18. The van der Waals surface area contributed by atoms with Crippen LogP contribution in [0.1, 0.15) is 5.56 Å². The second-order valence-electron chi connectivity index (χ2n) is 5.93. The van der Waals surface area contributed by atoms with Crippen molar-refractivity contribution in [3.8, 4) is 17.2 Å². The number of nitrogens with one attached hydrogen (secondary N) is 1. The molecule has 9 nitrogen and oxygen atoms in total. The Morgan fingerprint density at radius 1 is 1.07 bits per heavy atom. The molecule has 0 fully saturated rings. The second kappa shape index (κ2) is 10.0. The van der Waals surface area contributed by atoms with E-state index in [0.717, 1.165) is 28.6 Å². The molecule has 30 heavy (non-hydrogen) atoms. The minimum Gasteiger partial charge on any atom is -0.493 e. The quantitative estimate of drug-likeness (QED) is 0.470. The molecule has 0 aliphatic heterocycles. The van der Waals surface area contributed by atoms with Gasteiger partial charge in [-0.2, -0.15) is 9.41 Å². The van der Waals surface area contributed by atoms with Crippen LogP contribution in [0.3, 0.4) is 0 Å². The lowest BCUT2D eigenvalue weighted by atomic mass is 10.2. The van der Waals surface area contributed by atoms with Crippen LogP contribution >= 0.6 is 0 Å². The number of rotatable bonds is 9. The molecule has 0 bridgehead atoms. The fraction of sp³-hybridized carbons (Fsp3) is 0.263. The van der Waals surface area contributed by atoms with Gasteiger partial charge in [0, 0.05) is 12.6 Å². The van der Waals surface area contributed by atoms with E-state index in [0.29, 0.717) is 22.8 Å². The fourth-order valence-electron chi connectivity index (χ4n) is 2.51. The summed E-state index contributed by atoms with van der Waals surface area (Å²) < 4.78 is 54.5. The van der Waals surface area contributed by atoms with Crippen molar-refractivity contribution < 1.29 is 31.8 Å². The molecular formula is C19H22FN3O6S. The van der Waals surface area contributed by atoms with E-state index in [1.165, 1.54) is 34.6 Å². The molecule has 0 unspecified atom stereocenters.